The van der Waals surface area contributed by atoms with Gasteiger partial charge in [0.15, 0.2) is 0 Å². The molecule has 2 aliphatic heterocycles. The van der Waals surface area contributed by atoms with Crippen LogP contribution in [0.5, 0.6) is 0 Å². The van der Waals surface area contributed by atoms with Crippen molar-refractivity contribution in [2.24, 2.45) is 0 Å². The Kier molecular flexibility index (Phi) is 14.9. The van der Waals surface area contributed by atoms with Gasteiger partial charge in [-0.2, -0.15) is 0 Å². The molecular weight excluding hydrogens is 712 g/mol. The Labute approximate surface area is 260 Å². The minimum atomic E-state index is -1.43. The SMILES string of the molecule is OC[C@H]1O[C@@H](SCc2ccnc(-c3cc(CS[C@@H]4O[C@H](CO)[C@H](O)[C@H](O)[C@H]4O)ccn3)c2)[C@H](O)[C@@H](O)[C@H]1O.[Cl][Ru][Cl]. The van der Waals surface area contributed by atoms with Gasteiger partial charge < -0.3 is 50.3 Å². The van der Waals surface area contributed by atoms with E-state index >= 15 is 0 Å². The number of halogens is 2. The number of hydrogen-bond acceptors (Lipinski definition) is 14. The van der Waals surface area contributed by atoms with Gasteiger partial charge in [0.05, 0.1) is 24.6 Å². The van der Waals surface area contributed by atoms with Gasteiger partial charge in [-0.3, -0.25) is 9.97 Å². The van der Waals surface area contributed by atoms with Crippen molar-refractivity contribution in [2.45, 2.75) is 71.2 Å². The zero-order chi connectivity index (χ0) is 30.1. The normalized spacial score (nSPS) is 33.7. The first-order valence-corrected chi connectivity index (χ1v) is 18.8. The molecule has 0 unspecified atom stereocenters. The Bertz CT molecular complexity index is 1000. The van der Waals surface area contributed by atoms with Gasteiger partial charge in [-0.15, -0.1) is 23.5 Å². The van der Waals surface area contributed by atoms with Crippen LogP contribution in [0, 0.1) is 0 Å². The summed E-state index contributed by atoms with van der Waals surface area (Å²) in [5.74, 6) is 0.787. The molecule has 232 valence electrons. The van der Waals surface area contributed by atoms with Crippen LogP contribution in [0.3, 0.4) is 0 Å². The van der Waals surface area contributed by atoms with Crippen LogP contribution in [0.25, 0.3) is 11.4 Å². The molecule has 0 radical (unpaired) electrons. The van der Waals surface area contributed by atoms with E-state index in [1.165, 1.54) is 23.5 Å². The van der Waals surface area contributed by atoms with Crippen molar-refractivity contribution >= 4 is 42.9 Å². The molecule has 0 spiro atoms. The third-order valence-corrected chi connectivity index (χ3v) is 8.87. The molecule has 0 amide bonds. The Balaban J connectivity index is 0.00000147. The van der Waals surface area contributed by atoms with Gasteiger partial charge in [-0.05, 0) is 35.4 Å². The van der Waals surface area contributed by atoms with Crippen LogP contribution in [0.1, 0.15) is 11.1 Å². The second kappa shape index (κ2) is 17.3. The van der Waals surface area contributed by atoms with Gasteiger partial charge in [0.2, 0.25) is 0 Å². The quantitative estimate of drug-likeness (QED) is 0.154. The van der Waals surface area contributed by atoms with Crippen LogP contribution in [-0.4, -0.2) is 124 Å². The number of pyridine rings is 2. The van der Waals surface area contributed by atoms with Gasteiger partial charge in [-0.1, -0.05) is 0 Å². The van der Waals surface area contributed by atoms with E-state index in [1.807, 2.05) is 12.1 Å². The van der Waals surface area contributed by atoms with Crippen LogP contribution in [0.2, 0.25) is 0 Å². The first-order chi connectivity index (χ1) is 19.6. The summed E-state index contributed by atoms with van der Waals surface area (Å²) in [6.07, 6.45) is -7.01. The van der Waals surface area contributed by atoms with Crippen molar-refractivity contribution in [3.05, 3.63) is 47.8 Å². The first kappa shape index (κ1) is 35.3. The Morgan fingerprint density at radius 1 is 0.659 bits per heavy atom. The maximum atomic E-state index is 10.3. The van der Waals surface area contributed by atoms with Gasteiger partial charge >= 0.3 is 34.5 Å². The molecule has 2 saturated heterocycles. The van der Waals surface area contributed by atoms with Gasteiger partial charge in [0, 0.05) is 23.9 Å². The molecule has 0 aromatic carbocycles. The average Bonchev–Trinajstić information content (AvgIpc) is 2.99. The van der Waals surface area contributed by atoms with Gasteiger partial charge in [0.25, 0.3) is 0 Å². The molecule has 0 aliphatic carbocycles. The van der Waals surface area contributed by atoms with Crippen molar-refractivity contribution in [2.75, 3.05) is 13.2 Å². The molecule has 4 rings (SSSR count). The maximum absolute atomic E-state index is 10.3. The fraction of sp³-hybridized carbons (Fsp3) is 0.583. The standard InChI is InChI=1S/C24H32N2O10S2.2ClH.Ru/c27-7-15-17(29)19(31)21(33)23(35-15)37-9-11-1-3-25-13(5-11)14-6-12(2-4-26-14)10-38-24-22(34)20(32)18(30)16(8-28)36-24;;;/h1-6,15-24,27-34H,7-10H2;2*1H;/q;;;+2/p-2/t15-,16-,17+,18+,19+,20+,21-,22-,23+,24+;;;/m1.../s1. The number of aliphatic hydroxyl groups is 8. The molecule has 2 fully saturated rings. The number of aliphatic hydroxyl groups excluding tert-OH is 8. The van der Waals surface area contributed by atoms with Crippen LogP contribution in [-0.2, 0) is 36.1 Å². The molecule has 8 N–H and O–H groups in total. The molecule has 10 atom stereocenters. The third-order valence-electron chi connectivity index (χ3n) is 6.44. The number of aromatic nitrogens is 2. The fourth-order valence-electron chi connectivity index (χ4n) is 4.18. The predicted molar refractivity (Wildman–Crippen MR) is 149 cm³/mol. The van der Waals surface area contributed by atoms with Crippen molar-refractivity contribution in [3.63, 3.8) is 0 Å². The molecule has 0 bridgehead atoms. The van der Waals surface area contributed by atoms with Crippen molar-refractivity contribution in [1.82, 2.24) is 9.97 Å². The average molecular weight is 745 g/mol. The summed E-state index contributed by atoms with van der Waals surface area (Å²) in [5.41, 5.74) is 1.19. The zero-order valence-corrected chi connectivity index (χ0v) is 26.2. The number of thioether (sulfide) groups is 2. The Morgan fingerprint density at radius 3 is 1.37 bits per heavy atom. The minimum absolute atomic E-state index is 0.346. The molecule has 2 aromatic rings. The summed E-state index contributed by atoms with van der Waals surface area (Å²) < 4.78 is 11.1. The third kappa shape index (κ3) is 9.40. The fourth-order valence-corrected chi connectivity index (χ4v) is 6.41. The van der Waals surface area contributed by atoms with Crippen molar-refractivity contribution < 1.29 is 65.5 Å². The van der Waals surface area contributed by atoms with E-state index < -0.39 is 72.9 Å². The number of ether oxygens (including phenoxy) is 2. The molecular formula is C24H32Cl2N2O10RuS2. The summed E-state index contributed by atoms with van der Waals surface area (Å²) in [6.45, 7) is -0.976. The zero-order valence-electron chi connectivity index (χ0n) is 21.3. The van der Waals surface area contributed by atoms with E-state index in [9.17, 15) is 40.9 Å². The van der Waals surface area contributed by atoms with Crippen molar-refractivity contribution in [1.29, 1.82) is 0 Å². The first-order valence-electron chi connectivity index (χ1n) is 12.2. The van der Waals surface area contributed by atoms with Gasteiger partial charge in [0.1, 0.15) is 59.7 Å². The monoisotopic (exact) mass is 744 g/mol. The second-order valence-corrected chi connectivity index (χ2v) is 14.0. The molecule has 2 aromatic heterocycles. The van der Waals surface area contributed by atoms with E-state index in [2.05, 4.69) is 9.97 Å². The van der Waals surface area contributed by atoms with Crippen LogP contribution in [0.15, 0.2) is 36.7 Å². The Morgan fingerprint density at radius 2 is 1.02 bits per heavy atom. The molecule has 12 nitrogen and oxygen atoms in total. The summed E-state index contributed by atoms with van der Waals surface area (Å²) in [6, 6.07) is 7.24. The summed E-state index contributed by atoms with van der Waals surface area (Å²) in [5, 5.41) is 79.1. The molecule has 0 saturated carbocycles. The number of hydrogen-bond donors (Lipinski definition) is 8. The number of nitrogens with zero attached hydrogens (tertiary/aromatic N) is 2. The van der Waals surface area contributed by atoms with E-state index in [0.29, 0.717) is 22.9 Å². The van der Waals surface area contributed by atoms with E-state index in [4.69, 9.17) is 28.9 Å². The topological polar surface area (TPSA) is 206 Å². The number of rotatable bonds is 9. The van der Waals surface area contributed by atoms with Crippen LogP contribution >= 0.6 is 42.9 Å². The van der Waals surface area contributed by atoms with E-state index in [0.717, 1.165) is 11.1 Å². The molecule has 2 aliphatic rings. The van der Waals surface area contributed by atoms with Crippen LogP contribution < -0.4 is 0 Å². The Hall–Kier alpha value is -0.197. The molecule has 41 heavy (non-hydrogen) atoms. The summed E-state index contributed by atoms with van der Waals surface area (Å²) >= 11 is 2.09. The second-order valence-electron chi connectivity index (χ2n) is 9.17. The molecule has 4 heterocycles. The predicted octanol–water partition coefficient (Wildman–Crippen LogP) is -0.414. The van der Waals surface area contributed by atoms with Crippen molar-refractivity contribution in [3.8, 4) is 11.4 Å². The van der Waals surface area contributed by atoms with Gasteiger partial charge in [-0.25, -0.2) is 0 Å². The van der Waals surface area contributed by atoms with Crippen LogP contribution in [0.4, 0.5) is 0 Å². The van der Waals surface area contributed by atoms with E-state index in [-0.39, 0.29) is 15.1 Å². The molecule has 17 heteroatoms. The van der Waals surface area contributed by atoms with E-state index in [1.54, 1.807) is 24.5 Å². The summed E-state index contributed by atoms with van der Waals surface area (Å²) in [4.78, 5) is 8.78. The summed E-state index contributed by atoms with van der Waals surface area (Å²) in [7, 11) is 9.71.